The third-order valence-corrected chi connectivity index (χ3v) is 4.59. The number of hydrogen-bond acceptors (Lipinski definition) is 3. The first-order chi connectivity index (χ1) is 12.4. The molecule has 1 aromatic heterocycles. The first-order valence-electron chi connectivity index (χ1n) is 8.54. The van der Waals surface area contributed by atoms with Gasteiger partial charge < -0.3 is 10.2 Å². The quantitative estimate of drug-likeness (QED) is 0.781. The van der Waals surface area contributed by atoms with E-state index in [9.17, 15) is 18.0 Å². The SMILES string of the molecule is CCc1ccc(C2CNCCN2C(=O)c2ccc(C(F)(F)F)cn2)cc1.Cl.Cl. The maximum Gasteiger partial charge on any atom is 0.417 e. The standard InChI is InChI=1S/C19H20F3N3O.2ClH/c1-2-13-3-5-14(6-4-13)17-12-23-9-10-25(17)18(26)16-8-7-15(11-24-16)19(20,21)22;;/h3-8,11,17,23H,2,9-10,12H2,1H3;2*1H. The molecule has 9 heteroatoms. The minimum atomic E-state index is -4.47. The highest BCUT2D eigenvalue weighted by Gasteiger charge is 2.32. The lowest BCUT2D eigenvalue weighted by atomic mass is 10.0. The number of nitrogens with zero attached hydrogens (tertiary/aromatic N) is 2. The molecule has 4 nitrogen and oxygen atoms in total. The number of hydrogen-bond donors (Lipinski definition) is 1. The molecule has 3 rings (SSSR count). The van der Waals surface area contributed by atoms with Crippen molar-refractivity contribution in [1.29, 1.82) is 0 Å². The van der Waals surface area contributed by atoms with Gasteiger partial charge in [0.2, 0.25) is 0 Å². The van der Waals surface area contributed by atoms with Gasteiger partial charge in [0.25, 0.3) is 5.91 Å². The third-order valence-electron chi connectivity index (χ3n) is 4.59. The Morgan fingerprint density at radius 1 is 1.18 bits per heavy atom. The molecule has 154 valence electrons. The number of amides is 1. The van der Waals surface area contributed by atoms with Crippen LogP contribution in [0.15, 0.2) is 42.6 Å². The van der Waals surface area contributed by atoms with E-state index in [1.807, 2.05) is 24.3 Å². The largest absolute Gasteiger partial charge is 0.417 e. The lowest BCUT2D eigenvalue weighted by molar-refractivity contribution is -0.137. The maximum atomic E-state index is 12.8. The number of carbonyl (C=O) groups excluding carboxylic acids is 1. The summed E-state index contributed by atoms with van der Waals surface area (Å²) in [5.74, 6) is -0.357. The van der Waals surface area contributed by atoms with Gasteiger partial charge in [-0.25, -0.2) is 0 Å². The normalized spacial score (nSPS) is 16.7. The Kier molecular flexibility index (Phi) is 8.73. The van der Waals surface area contributed by atoms with E-state index >= 15 is 0 Å². The molecule has 0 saturated carbocycles. The van der Waals surface area contributed by atoms with Gasteiger partial charge in [0.1, 0.15) is 5.69 Å². The molecule has 1 aliphatic heterocycles. The van der Waals surface area contributed by atoms with Gasteiger partial charge in [-0.15, -0.1) is 24.8 Å². The molecule has 1 amide bonds. The van der Waals surface area contributed by atoms with Crippen LogP contribution in [0.25, 0.3) is 0 Å². The number of aromatic nitrogens is 1. The monoisotopic (exact) mass is 435 g/mol. The second-order valence-electron chi connectivity index (χ2n) is 6.24. The van der Waals surface area contributed by atoms with E-state index < -0.39 is 11.7 Å². The average molecular weight is 436 g/mol. The van der Waals surface area contributed by atoms with Gasteiger partial charge in [0, 0.05) is 25.8 Å². The van der Waals surface area contributed by atoms with Gasteiger partial charge in [-0.2, -0.15) is 13.2 Å². The van der Waals surface area contributed by atoms with Gasteiger partial charge >= 0.3 is 6.18 Å². The molecule has 1 saturated heterocycles. The van der Waals surface area contributed by atoms with Gasteiger partial charge in [-0.1, -0.05) is 31.2 Å². The summed E-state index contributed by atoms with van der Waals surface area (Å²) in [6.07, 6.45) is -2.82. The van der Waals surface area contributed by atoms with Gasteiger partial charge in [0.05, 0.1) is 11.6 Å². The van der Waals surface area contributed by atoms with E-state index in [1.54, 1.807) is 4.90 Å². The number of halogens is 5. The molecule has 0 radical (unpaired) electrons. The second kappa shape index (κ2) is 10.1. The van der Waals surface area contributed by atoms with Crippen LogP contribution in [0, 0.1) is 0 Å². The van der Waals surface area contributed by atoms with E-state index in [1.165, 1.54) is 5.56 Å². The molecule has 0 aliphatic carbocycles. The molecule has 1 aromatic carbocycles. The highest BCUT2D eigenvalue weighted by Crippen LogP contribution is 2.29. The summed E-state index contributed by atoms with van der Waals surface area (Å²) in [4.78, 5) is 18.2. The van der Waals surface area contributed by atoms with Crippen LogP contribution in [0.1, 0.15) is 40.1 Å². The van der Waals surface area contributed by atoms with E-state index in [0.717, 1.165) is 24.1 Å². The minimum Gasteiger partial charge on any atom is -0.328 e. The van der Waals surface area contributed by atoms with Crippen LogP contribution in [0.4, 0.5) is 13.2 Å². The molecule has 2 aromatic rings. The molecular weight excluding hydrogens is 414 g/mol. The van der Waals surface area contributed by atoms with Crippen molar-refractivity contribution in [3.8, 4) is 0 Å². The first kappa shape index (κ1) is 24.2. The topological polar surface area (TPSA) is 45.2 Å². The third kappa shape index (κ3) is 5.37. The smallest absolute Gasteiger partial charge is 0.328 e. The predicted octanol–water partition coefficient (Wildman–Crippen LogP) is 4.29. The van der Waals surface area contributed by atoms with Gasteiger partial charge in [-0.3, -0.25) is 9.78 Å². The number of nitrogens with one attached hydrogen (secondary N) is 1. The van der Waals surface area contributed by atoms with Crippen LogP contribution in [0.2, 0.25) is 0 Å². The van der Waals surface area contributed by atoms with Crippen molar-refractivity contribution in [3.63, 3.8) is 0 Å². The number of aryl methyl sites for hydroxylation is 1. The molecule has 1 aliphatic rings. The van der Waals surface area contributed by atoms with Crippen LogP contribution >= 0.6 is 24.8 Å². The summed E-state index contributed by atoms with van der Waals surface area (Å²) in [7, 11) is 0. The zero-order valence-corrected chi connectivity index (χ0v) is 16.8. The fraction of sp³-hybridized carbons (Fsp3) is 0.368. The number of carbonyl (C=O) groups is 1. The number of piperazine rings is 1. The summed E-state index contributed by atoms with van der Waals surface area (Å²) >= 11 is 0. The Hall–Kier alpha value is -1.83. The zero-order valence-electron chi connectivity index (χ0n) is 15.2. The van der Waals surface area contributed by atoms with Crippen molar-refractivity contribution < 1.29 is 18.0 Å². The maximum absolute atomic E-state index is 12.8. The van der Waals surface area contributed by atoms with Crippen LogP contribution in [-0.4, -0.2) is 35.4 Å². The average Bonchev–Trinajstić information content (AvgIpc) is 2.67. The van der Waals surface area contributed by atoms with Crippen molar-refractivity contribution in [3.05, 3.63) is 65.0 Å². The van der Waals surface area contributed by atoms with Crippen LogP contribution in [0.5, 0.6) is 0 Å². The molecule has 1 fully saturated rings. The molecule has 2 heterocycles. The molecule has 0 spiro atoms. The summed E-state index contributed by atoms with van der Waals surface area (Å²) in [6.45, 7) is 3.78. The van der Waals surface area contributed by atoms with Crippen molar-refractivity contribution >= 4 is 30.7 Å². The first-order valence-corrected chi connectivity index (χ1v) is 8.54. The van der Waals surface area contributed by atoms with Crippen molar-refractivity contribution in [1.82, 2.24) is 15.2 Å². The van der Waals surface area contributed by atoms with E-state index in [4.69, 9.17) is 0 Å². The Labute approximate surface area is 174 Å². The molecule has 0 bridgehead atoms. The molecule has 1 N–H and O–H groups in total. The molecule has 1 atom stereocenters. The molecule has 1 unspecified atom stereocenters. The summed E-state index contributed by atoms with van der Waals surface area (Å²) in [5, 5.41) is 3.26. The number of pyridine rings is 1. The molecular formula is C19H22Cl2F3N3O. The van der Waals surface area contributed by atoms with Crippen LogP contribution in [-0.2, 0) is 12.6 Å². The highest BCUT2D eigenvalue weighted by molar-refractivity contribution is 5.92. The lowest BCUT2D eigenvalue weighted by Crippen LogP contribution is -2.48. The Morgan fingerprint density at radius 3 is 2.39 bits per heavy atom. The van der Waals surface area contributed by atoms with Gasteiger partial charge in [0.15, 0.2) is 0 Å². The lowest BCUT2D eigenvalue weighted by Gasteiger charge is -2.36. The van der Waals surface area contributed by atoms with Crippen molar-refractivity contribution in [2.45, 2.75) is 25.6 Å². The summed E-state index contributed by atoms with van der Waals surface area (Å²) in [5.41, 5.74) is 1.37. The Morgan fingerprint density at radius 2 is 1.86 bits per heavy atom. The second-order valence-corrected chi connectivity index (χ2v) is 6.24. The van der Waals surface area contributed by atoms with Gasteiger partial charge in [-0.05, 0) is 29.7 Å². The van der Waals surface area contributed by atoms with Crippen molar-refractivity contribution in [2.75, 3.05) is 19.6 Å². The number of alkyl halides is 3. The fourth-order valence-corrected chi connectivity index (χ4v) is 3.06. The van der Waals surface area contributed by atoms with Crippen molar-refractivity contribution in [2.24, 2.45) is 0 Å². The summed E-state index contributed by atoms with van der Waals surface area (Å²) < 4.78 is 38.0. The van der Waals surface area contributed by atoms with E-state index in [0.29, 0.717) is 25.8 Å². The van der Waals surface area contributed by atoms with E-state index in [-0.39, 0.29) is 42.5 Å². The van der Waals surface area contributed by atoms with Crippen LogP contribution < -0.4 is 5.32 Å². The van der Waals surface area contributed by atoms with E-state index in [2.05, 4.69) is 17.2 Å². The minimum absolute atomic E-state index is 0. The summed E-state index contributed by atoms with van der Waals surface area (Å²) in [6, 6.07) is 9.92. The zero-order chi connectivity index (χ0) is 18.7. The number of rotatable bonds is 3. The fourth-order valence-electron chi connectivity index (χ4n) is 3.06. The predicted molar refractivity (Wildman–Crippen MR) is 106 cm³/mol. The Bertz CT molecular complexity index is 767. The molecule has 28 heavy (non-hydrogen) atoms. The number of benzene rings is 1. The Balaban J connectivity index is 0.00000196. The highest BCUT2D eigenvalue weighted by atomic mass is 35.5. The van der Waals surface area contributed by atoms with Crippen LogP contribution in [0.3, 0.4) is 0 Å².